The summed E-state index contributed by atoms with van der Waals surface area (Å²) in [5.74, 6) is 0.715. The average molecular weight is 375 g/mol. The van der Waals surface area contributed by atoms with Gasteiger partial charge in [0.25, 0.3) is 5.91 Å². The number of benzene rings is 1. The van der Waals surface area contributed by atoms with E-state index in [1.807, 2.05) is 60.3 Å². The maximum absolute atomic E-state index is 13.2. The summed E-state index contributed by atoms with van der Waals surface area (Å²) in [5, 5.41) is 8.04. The number of nitrogens with zero attached hydrogens (tertiary/aromatic N) is 4. The maximum Gasteiger partial charge on any atom is 0.259 e. The maximum atomic E-state index is 13.2. The molecule has 4 rings (SSSR count). The van der Waals surface area contributed by atoms with Crippen molar-refractivity contribution in [3.63, 3.8) is 0 Å². The van der Waals surface area contributed by atoms with Gasteiger partial charge in [-0.1, -0.05) is 36.4 Å². The van der Waals surface area contributed by atoms with Crippen molar-refractivity contribution in [2.75, 3.05) is 12.4 Å². The molecule has 3 aromatic rings. The van der Waals surface area contributed by atoms with Crippen molar-refractivity contribution in [1.29, 1.82) is 0 Å². The molecule has 1 unspecified atom stereocenters. The molecule has 144 valence electrons. The summed E-state index contributed by atoms with van der Waals surface area (Å²) in [4.78, 5) is 19.4. The van der Waals surface area contributed by atoms with Gasteiger partial charge in [0, 0.05) is 19.8 Å². The lowest BCUT2D eigenvalue weighted by Crippen LogP contribution is -2.39. The minimum absolute atomic E-state index is 0.0337. The fourth-order valence-corrected chi connectivity index (χ4v) is 3.80. The number of carbonyl (C=O) groups is 1. The van der Waals surface area contributed by atoms with E-state index in [1.165, 1.54) is 0 Å². The highest BCUT2D eigenvalue weighted by Crippen LogP contribution is 2.39. The predicted molar refractivity (Wildman–Crippen MR) is 109 cm³/mol. The molecule has 1 atom stereocenters. The van der Waals surface area contributed by atoms with Crippen LogP contribution in [0.2, 0.25) is 0 Å². The first-order valence-electron chi connectivity index (χ1n) is 9.51. The number of amides is 1. The van der Waals surface area contributed by atoms with Crippen molar-refractivity contribution in [3.8, 4) is 0 Å². The van der Waals surface area contributed by atoms with Gasteiger partial charge >= 0.3 is 0 Å². The van der Waals surface area contributed by atoms with Crippen molar-refractivity contribution >= 4 is 11.7 Å². The minimum Gasteiger partial charge on any atom is -0.361 e. The molecular formula is C22H25N5O. The number of rotatable bonds is 4. The Morgan fingerprint density at radius 2 is 1.96 bits per heavy atom. The van der Waals surface area contributed by atoms with Crippen molar-refractivity contribution in [1.82, 2.24) is 19.7 Å². The zero-order chi connectivity index (χ0) is 19.7. The largest absolute Gasteiger partial charge is 0.361 e. The monoisotopic (exact) mass is 375 g/mol. The van der Waals surface area contributed by atoms with Crippen LogP contribution in [0.15, 0.2) is 60.9 Å². The zero-order valence-electron chi connectivity index (χ0n) is 16.5. The third-order valence-electron chi connectivity index (χ3n) is 5.24. The minimum atomic E-state index is -0.223. The molecule has 0 radical (unpaired) electrons. The van der Waals surface area contributed by atoms with Crippen LogP contribution in [0, 0.1) is 0 Å². The number of nitrogens with one attached hydrogen (secondary N) is 1. The van der Waals surface area contributed by atoms with E-state index in [0.29, 0.717) is 12.1 Å². The van der Waals surface area contributed by atoms with Crippen LogP contribution in [0.5, 0.6) is 0 Å². The second kappa shape index (κ2) is 7.11. The van der Waals surface area contributed by atoms with Gasteiger partial charge in [-0.2, -0.15) is 5.10 Å². The fourth-order valence-electron chi connectivity index (χ4n) is 3.80. The molecule has 3 heterocycles. The van der Waals surface area contributed by atoms with Crippen molar-refractivity contribution < 1.29 is 4.79 Å². The normalized spacial score (nSPS) is 17.5. The third kappa shape index (κ3) is 3.38. The summed E-state index contributed by atoms with van der Waals surface area (Å²) in [6, 6.07) is 15.9. The van der Waals surface area contributed by atoms with Gasteiger partial charge in [0.15, 0.2) is 0 Å². The molecule has 0 saturated heterocycles. The van der Waals surface area contributed by atoms with E-state index < -0.39 is 0 Å². The van der Waals surface area contributed by atoms with Crippen LogP contribution in [0.3, 0.4) is 0 Å². The lowest BCUT2D eigenvalue weighted by atomic mass is 9.91. The van der Waals surface area contributed by atoms with Crippen molar-refractivity contribution in [2.45, 2.75) is 38.4 Å². The van der Waals surface area contributed by atoms with Gasteiger partial charge < -0.3 is 10.2 Å². The second-order valence-corrected chi connectivity index (χ2v) is 7.93. The van der Waals surface area contributed by atoms with E-state index in [-0.39, 0.29) is 17.5 Å². The summed E-state index contributed by atoms with van der Waals surface area (Å²) < 4.78 is 1.93. The summed E-state index contributed by atoms with van der Waals surface area (Å²) in [6.07, 6.45) is 4.32. The van der Waals surface area contributed by atoms with Crippen LogP contribution < -0.4 is 5.32 Å². The highest BCUT2D eigenvalue weighted by atomic mass is 16.2. The number of aromatic nitrogens is 3. The molecule has 0 spiro atoms. The van der Waals surface area contributed by atoms with E-state index >= 15 is 0 Å². The fraction of sp³-hybridized carbons (Fsp3) is 0.318. The number of anilines is 1. The standard InChI is InChI=1S/C22H25N5O/c1-22(2)13-19(18-11-7-8-12-23-18)25-20-17(14-24-27(20)22)21(28)26(3)15-16-9-5-4-6-10-16/h4-12,14,19,25H,13,15H2,1-3H3. The first kappa shape index (κ1) is 18.2. The Hall–Kier alpha value is -3.15. The van der Waals surface area contributed by atoms with Crippen molar-refractivity contribution in [3.05, 3.63) is 77.7 Å². The Kier molecular flexibility index (Phi) is 4.63. The molecule has 28 heavy (non-hydrogen) atoms. The SMILES string of the molecule is CN(Cc1ccccc1)C(=O)c1cnn2c1NC(c1ccccn1)CC2(C)C. The third-order valence-corrected chi connectivity index (χ3v) is 5.24. The van der Waals surface area contributed by atoms with Crippen molar-refractivity contribution in [2.24, 2.45) is 0 Å². The number of pyridine rings is 1. The number of fused-ring (bicyclic) bond motifs is 1. The predicted octanol–water partition coefficient (Wildman–Crippen LogP) is 3.84. The van der Waals surface area contributed by atoms with Crippen LogP contribution in [0.25, 0.3) is 0 Å². The van der Waals surface area contributed by atoms with Gasteiger partial charge in [-0.15, -0.1) is 0 Å². The summed E-state index contributed by atoms with van der Waals surface area (Å²) in [6.45, 7) is 4.84. The lowest BCUT2D eigenvalue weighted by molar-refractivity contribution is 0.0785. The molecule has 1 amide bonds. The van der Waals surface area contributed by atoms with E-state index in [1.54, 1.807) is 17.3 Å². The molecule has 1 N–H and O–H groups in total. The quantitative estimate of drug-likeness (QED) is 0.752. The molecule has 6 heteroatoms. The van der Waals surface area contributed by atoms with E-state index in [2.05, 4.69) is 29.2 Å². The number of hydrogen-bond donors (Lipinski definition) is 1. The summed E-state index contributed by atoms with van der Waals surface area (Å²) >= 11 is 0. The Bertz CT molecular complexity index is 965. The molecule has 6 nitrogen and oxygen atoms in total. The van der Waals surface area contributed by atoms with Crippen LogP contribution in [-0.2, 0) is 12.1 Å². The first-order valence-corrected chi connectivity index (χ1v) is 9.51. The van der Waals surface area contributed by atoms with Gasteiger partial charge in [0.1, 0.15) is 11.4 Å². The molecule has 1 aliphatic rings. The molecule has 1 aromatic carbocycles. The highest BCUT2D eigenvalue weighted by molar-refractivity contribution is 5.98. The Morgan fingerprint density at radius 1 is 1.21 bits per heavy atom. The summed E-state index contributed by atoms with van der Waals surface area (Å²) in [5.41, 5.74) is 2.43. The molecule has 0 fully saturated rings. The van der Waals surface area contributed by atoms with E-state index in [9.17, 15) is 4.79 Å². The molecule has 0 saturated carbocycles. The molecule has 0 bridgehead atoms. The van der Waals surface area contributed by atoms with Gasteiger partial charge in [0.2, 0.25) is 0 Å². The average Bonchev–Trinajstić information content (AvgIpc) is 3.13. The van der Waals surface area contributed by atoms with Gasteiger partial charge in [0.05, 0.1) is 23.5 Å². The van der Waals surface area contributed by atoms with Gasteiger partial charge in [-0.3, -0.25) is 9.78 Å². The Balaban J connectivity index is 1.63. The van der Waals surface area contributed by atoms with Crippen LogP contribution in [0.4, 0.5) is 5.82 Å². The summed E-state index contributed by atoms with van der Waals surface area (Å²) in [7, 11) is 1.82. The lowest BCUT2D eigenvalue weighted by Gasteiger charge is -2.38. The Morgan fingerprint density at radius 3 is 2.68 bits per heavy atom. The zero-order valence-corrected chi connectivity index (χ0v) is 16.5. The molecule has 1 aliphatic heterocycles. The van der Waals surface area contributed by atoms with E-state index in [4.69, 9.17) is 0 Å². The van der Waals surface area contributed by atoms with Gasteiger partial charge in [-0.25, -0.2) is 4.68 Å². The molecular weight excluding hydrogens is 350 g/mol. The molecule has 0 aliphatic carbocycles. The number of hydrogen-bond acceptors (Lipinski definition) is 4. The highest BCUT2D eigenvalue weighted by Gasteiger charge is 2.37. The smallest absolute Gasteiger partial charge is 0.259 e. The molecule has 2 aromatic heterocycles. The first-order chi connectivity index (χ1) is 13.5. The second-order valence-electron chi connectivity index (χ2n) is 7.93. The topological polar surface area (TPSA) is 63.1 Å². The van der Waals surface area contributed by atoms with Crippen LogP contribution >= 0.6 is 0 Å². The van der Waals surface area contributed by atoms with Crippen LogP contribution in [-0.4, -0.2) is 32.6 Å². The Labute approximate surface area is 165 Å². The number of carbonyl (C=O) groups excluding carboxylic acids is 1. The van der Waals surface area contributed by atoms with E-state index in [0.717, 1.165) is 23.5 Å². The van der Waals surface area contributed by atoms with Gasteiger partial charge in [-0.05, 0) is 38.0 Å². The van der Waals surface area contributed by atoms with Crippen LogP contribution in [0.1, 0.15) is 47.9 Å².